The van der Waals surface area contributed by atoms with Crippen molar-refractivity contribution < 1.29 is 18.9 Å². The lowest BCUT2D eigenvalue weighted by Crippen LogP contribution is -2.38. The third-order valence-electron chi connectivity index (χ3n) is 7.58. The molecule has 0 amide bonds. The molecule has 1 N–H and O–H groups in total. The van der Waals surface area contributed by atoms with Crippen molar-refractivity contribution in [3.05, 3.63) is 36.8 Å². The van der Waals surface area contributed by atoms with Gasteiger partial charge in [-0.05, 0) is 37.8 Å². The molecule has 3 aliphatic rings. The van der Waals surface area contributed by atoms with Crippen molar-refractivity contribution in [1.29, 1.82) is 0 Å². The number of hydrogen-bond donors (Lipinski definition) is 1. The van der Waals surface area contributed by atoms with Gasteiger partial charge in [0.15, 0.2) is 5.75 Å². The normalized spacial score (nSPS) is 22.5. The molecule has 0 spiro atoms. The number of pyridine rings is 2. The topological polar surface area (TPSA) is 107 Å². The second-order valence-electron chi connectivity index (χ2n) is 10.2. The van der Waals surface area contributed by atoms with Gasteiger partial charge in [0.1, 0.15) is 18.5 Å². The fraction of sp³-hybridized carbons (Fsp3) is 0.571. The highest BCUT2D eigenvalue weighted by Crippen LogP contribution is 2.31. The third-order valence-corrected chi connectivity index (χ3v) is 7.58. The van der Waals surface area contributed by atoms with Crippen molar-refractivity contribution in [3.8, 4) is 11.6 Å². The summed E-state index contributed by atoms with van der Waals surface area (Å²) in [5, 5.41) is 4.44. The molecule has 0 unspecified atom stereocenters. The minimum atomic E-state index is 0.113. The number of hydrogen-bond acceptors (Lipinski definition) is 11. The fourth-order valence-electron chi connectivity index (χ4n) is 5.32. The van der Waals surface area contributed by atoms with Crippen molar-refractivity contribution in [1.82, 2.24) is 24.8 Å². The summed E-state index contributed by atoms with van der Waals surface area (Å²) in [6.07, 6.45) is 9.25. The number of ether oxygens (including phenoxy) is 4. The first-order valence-corrected chi connectivity index (χ1v) is 14.1. The summed E-state index contributed by atoms with van der Waals surface area (Å²) in [5.41, 5.74) is 0.907. The molecular weight excluding hydrogens is 498 g/mol. The van der Waals surface area contributed by atoms with Gasteiger partial charge in [-0.25, -0.2) is 9.97 Å². The molecule has 1 aliphatic carbocycles. The van der Waals surface area contributed by atoms with Crippen LogP contribution in [0.3, 0.4) is 0 Å². The first kappa shape index (κ1) is 26.0. The van der Waals surface area contributed by atoms with Crippen molar-refractivity contribution in [2.24, 2.45) is 0 Å². The van der Waals surface area contributed by atoms with Crippen LogP contribution < -0.4 is 19.7 Å². The van der Waals surface area contributed by atoms with E-state index in [0.717, 1.165) is 88.3 Å². The van der Waals surface area contributed by atoms with E-state index in [1.807, 2.05) is 18.3 Å². The number of nitrogens with zero attached hydrogens (tertiary/aromatic N) is 6. The molecule has 6 rings (SSSR count). The van der Waals surface area contributed by atoms with Gasteiger partial charge in [0.05, 0.1) is 49.7 Å². The summed E-state index contributed by atoms with van der Waals surface area (Å²) < 4.78 is 23.2. The Hall–Kier alpha value is -3.28. The van der Waals surface area contributed by atoms with E-state index in [0.29, 0.717) is 43.4 Å². The van der Waals surface area contributed by atoms with E-state index in [1.165, 1.54) is 0 Å². The molecule has 0 radical (unpaired) electrons. The highest BCUT2D eigenvalue weighted by Gasteiger charge is 2.25. The number of nitrogens with one attached hydrogen (secondary N) is 1. The molecule has 0 bridgehead atoms. The van der Waals surface area contributed by atoms with Gasteiger partial charge >= 0.3 is 0 Å². The predicted molar refractivity (Wildman–Crippen MR) is 148 cm³/mol. The average Bonchev–Trinajstić information content (AvgIpc) is 3.00. The Morgan fingerprint density at radius 1 is 0.923 bits per heavy atom. The molecule has 2 aliphatic heterocycles. The Kier molecular flexibility index (Phi) is 8.47. The Balaban J connectivity index is 0.996. The standard InChI is InChI=1S/C28H37N7O4/c1-2-24-25(29-7-1)18-26(35-11-15-37-16-12-35)33-27(24)39-22-5-3-21(4-6-22)32-28-30-19-23(20-31-28)38-17-10-34-8-13-36-14-9-34/h1-2,7,18-22H,3-6,8-17H2,(H,30,31,32)/t21-,22+. The SMILES string of the molecule is c1cnc2cc(N3CCOCC3)nc(O[C@H]3CC[C@@H](Nc4ncc(OCCN5CCOCC5)cn4)CC3)c2c1. The van der Waals surface area contributed by atoms with Crippen LogP contribution in [0.15, 0.2) is 36.8 Å². The van der Waals surface area contributed by atoms with Crippen molar-refractivity contribution in [2.45, 2.75) is 37.8 Å². The van der Waals surface area contributed by atoms with Crippen LogP contribution in [0.25, 0.3) is 10.9 Å². The molecule has 3 aromatic rings. The number of aromatic nitrogens is 4. The monoisotopic (exact) mass is 535 g/mol. The molecule has 1 saturated carbocycles. The van der Waals surface area contributed by atoms with Crippen LogP contribution in [0.4, 0.5) is 11.8 Å². The summed E-state index contributed by atoms with van der Waals surface area (Å²) in [4.78, 5) is 23.0. The lowest BCUT2D eigenvalue weighted by Gasteiger charge is -2.31. The lowest BCUT2D eigenvalue weighted by atomic mass is 9.93. The molecule has 2 saturated heterocycles. The van der Waals surface area contributed by atoms with Gasteiger partial charge in [0.2, 0.25) is 11.8 Å². The molecule has 0 atom stereocenters. The summed E-state index contributed by atoms with van der Waals surface area (Å²) in [6.45, 7) is 8.09. The van der Waals surface area contributed by atoms with Gasteiger partial charge in [0.25, 0.3) is 0 Å². The number of fused-ring (bicyclic) bond motifs is 1. The molecule has 11 nitrogen and oxygen atoms in total. The molecule has 208 valence electrons. The summed E-state index contributed by atoms with van der Waals surface area (Å²) in [7, 11) is 0. The van der Waals surface area contributed by atoms with Gasteiger partial charge in [0, 0.05) is 51.0 Å². The minimum absolute atomic E-state index is 0.113. The highest BCUT2D eigenvalue weighted by atomic mass is 16.5. The zero-order chi connectivity index (χ0) is 26.3. The molecule has 3 fully saturated rings. The lowest BCUT2D eigenvalue weighted by molar-refractivity contribution is 0.0322. The maximum atomic E-state index is 6.50. The van der Waals surface area contributed by atoms with E-state index >= 15 is 0 Å². The maximum absolute atomic E-state index is 6.50. The first-order valence-electron chi connectivity index (χ1n) is 14.1. The van der Waals surface area contributed by atoms with E-state index in [2.05, 4.69) is 36.1 Å². The summed E-state index contributed by atoms with van der Waals surface area (Å²) in [6, 6.07) is 6.33. The van der Waals surface area contributed by atoms with E-state index in [9.17, 15) is 0 Å². The van der Waals surface area contributed by atoms with Gasteiger partial charge in [-0.2, -0.15) is 4.98 Å². The second kappa shape index (κ2) is 12.7. The summed E-state index contributed by atoms with van der Waals surface area (Å²) in [5.74, 6) is 2.91. The third kappa shape index (κ3) is 6.84. The zero-order valence-corrected chi connectivity index (χ0v) is 22.3. The van der Waals surface area contributed by atoms with E-state index < -0.39 is 0 Å². The number of rotatable bonds is 9. The minimum Gasteiger partial charge on any atom is -0.489 e. The molecule has 39 heavy (non-hydrogen) atoms. The quantitative estimate of drug-likeness (QED) is 0.437. The Bertz CT molecular complexity index is 1190. The van der Waals surface area contributed by atoms with Crippen molar-refractivity contribution >= 4 is 22.7 Å². The maximum Gasteiger partial charge on any atom is 0.225 e. The fourth-order valence-corrected chi connectivity index (χ4v) is 5.32. The summed E-state index contributed by atoms with van der Waals surface area (Å²) >= 11 is 0. The van der Waals surface area contributed by atoms with Crippen LogP contribution in [0.1, 0.15) is 25.7 Å². The Morgan fingerprint density at radius 2 is 1.67 bits per heavy atom. The van der Waals surface area contributed by atoms with Crippen LogP contribution in [-0.4, -0.2) is 103 Å². The van der Waals surface area contributed by atoms with Crippen LogP contribution in [-0.2, 0) is 9.47 Å². The van der Waals surface area contributed by atoms with Gasteiger partial charge in [-0.3, -0.25) is 9.88 Å². The smallest absolute Gasteiger partial charge is 0.225 e. The van der Waals surface area contributed by atoms with Gasteiger partial charge < -0.3 is 29.2 Å². The average molecular weight is 536 g/mol. The molecule has 11 heteroatoms. The Labute approximate surface area is 228 Å². The van der Waals surface area contributed by atoms with E-state index in [4.69, 9.17) is 23.9 Å². The predicted octanol–water partition coefficient (Wildman–Crippen LogP) is 2.77. The van der Waals surface area contributed by atoms with E-state index in [-0.39, 0.29) is 6.10 Å². The zero-order valence-electron chi connectivity index (χ0n) is 22.3. The van der Waals surface area contributed by atoms with Crippen LogP contribution in [0.5, 0.6) is 11.6 Å². The van der Waals surface area contributed by atoms with Crippen molar-refractivity contribution in [3.63, 3.8) is 0 Å². The molecular formula is C28H37N7O4. The molecule has 5 heterocycles. The van der Waals surface area contributed by atoms with E-state index in [1.54, 1.807) is 12.4 Å². The van der Waals surface area contributed by atoms with Gasteiger partial charge in [-0.1, -0.05) is 0 Å². The first-order chi connectivity index (χ1) is 19.3. The Morgan fingerprint density at radius 3 is 2.44 bits per heavy atom. The second-order valence-corrected chi connectivity index (χ2v) is 10.2. The molecule has 0 aromatic carbocycles. The number of morpholine rings is 2. The van der Waals surface area contributed by atoms with Gasteiger partial charge in [-0.15, -0.1) is 0 Å². The molecule has 3 aromatic heterocycles. The van der Waals surface area contributed by atoms with Crippen LogP contribution in [0, 0.1) is 0 Å². The number of anilines is 2. The largest absolute Gasteiger partial charge is 0.489 e. The van der Waals surface area contributed by atoms with Crippen molar-refractivity contribution in [2.75, 3.05) is 76.0 Å². The van der Waals surface area contributed by atoms with Crippen LogP contribution in [0.2, 0.25) is 0 Å². The van der Waals surface area contributed by atoms with Crippen LogP contribution >= 0.6 is 0 Å². The highest BCUT2D eigenvalue weighted by molar-refractivity contribution is 5.85.